The van der Waals surface area contributed by atoms with Gasteiger partial charge in [-0.15, -0.1) is 0 Å². The lowest BCUT2D eigenvalue weighted by Crippen LogP contribution is -2.17. The van der Waals surface area contributed by atoms with E-state index in [4.69, 9.17) is 4.74 Å². The summed E-state index contributed by atoms with van der Waals surface area (Å²) in [5.41, 5.74) is 0.113. The van der Waals surface area contributed by atoms with Gasteiger partial charge >= 0.3 is 0 Å². The molecule has 1 amide bonds. The van der Waals surface area contributed by atoms with E-state index in [2.05, 4.69) is 15.3 Å². The number of nitrogens with zero attached hydrogens (tertiary/aromatic N) is 2. The van der Waals surface area contributed by atoms with E-state index in [0.717, 1.165) is 6.07 Å². The molecule has 0 radical (unpaired) electrons. The lowest BCUT2D eigenvalue weighted by molar-refractivity contribution is -0.115. The zero-order valence-corrected chi connectivity index (χ0v) is 11.6. The van der Waals surface area contributed by atoms with Crippen molar-refractivity contribution < 1.29 is 24.5 Å². The van der Waals surface area contributed by atoms with Crippen molar-refractivity contribution in [3.63, 3.8) is 0 Å². The fourth-order valence-electron chi connectivity index (χ4n) is 1.64. The molecule has 22 heavy (non-hydrogen) atoms. The maximum atomic E-state index is 11.9. The largest absolute Gasteiger partial charge is 0.504 e. The number of amides is 1. The predicted molar refractivity (Wildman–Crippen MR) is 75.9 cm³/mol. The number of phenolic OH excluding ortho intramolecular Hbond substituents is 2. The van der Waals surface area contributed by atoms with Crippen molar-refractivity contribution in [3.8, 4) is 17.4 Å². The first-order chi connectivity index (χ1) is 10.5. The maximum absolute atomic E-state index is 11.9. The molecule has 0 fully saturated rings. The van der Waals surface area contributed by atoms with Crippen LogP contribution < -0.4 is 10.1 Å². The Kier molecular flexibility index (Phi) is 4.52. The summed E-state index contributed by atoms with van der Waals surface area (Å²) in [6.07, 6.45) is 2.25. The molecular weight excluding hydrogens is 290 g/mol. The van der Waals surface area contributed by atoms with E-state index in [1.54, 1.807) is 0 Å². The van der Waals surface area contributed by atoms with Crippen LogP contribution in [-0.4, -0.2) is 39.0 Å². The molecule has 8 nitrogen and oxygen atoms in total. The van der Waals surface area contributed by atoms with E-state index in [9.17, 15) is 19.8 Å². The van der Waals surface area contributed by atoms with Crippen molar-refractivity contribution in [1.82, 2.24) is 9.97 Å². The molecule has 1 heterocycles. The summed E-state index contributed by atoms with van der Waals surface area (Å²) in [7, 11) is 1.41. The number of hydrogen-bond donors (Lipinski definition) is 3. The van der Waals surface area contributed by atoms with E-state index in [1.807, 2.05) is 0 Å². The van der Waals surface area contributed by atoms with Crippen LogP contribution in [-0.2, 0) is 4.79 Å². The van der Waals surface area contributed by atoms with Gasteiger partial charge in [0.05, 0.1) is 25.9 Å². The zero-order valence-electron chi connectivity index (χ0n) is 11.6. The second kappa shape index (κ2) is 6.53. The summed E-state index contributed by atoms with van der Waals surface area (Å²) in [5, 5.41) is 20.9. The minimum atomic E-state index is -0.583. The Balaban J connectivity index is 2.01. The first kappa shape index (κ1) is 15.2. The van der Waals surface area contributed by atoms with Gasteiger partial charge in [-0.25, -0.2) is 0 Å². The molecule has 0 bridgehead atoms. The average Bonchev–Trinajstić information content (AvgIpc) is 2.50. The predicted octanol–water partition coefficient (Wildman–Crippen LogP) is 1.11. The van der Waals surface area contributed by atoms with Gasteiger partial charge in [-0.1, -0.05) is 0 Å². The Morgan fingerprint density at radius 3 is 2.68 bits per heavy atom. The topological polar surface area (TPSA) is 122 Å². The molecule has 0 aliphatic rings. The summed E-state index contributed by atoms with van der Waals surface area (Å²) in [4.78, 5) is 31.5. The molecule has 2 aromatic rings. The summed E-state index contributed by atoms with van der Waals surface area (Å²) in [6, 6.07) is 3.58. The molecule has 2 rings (SSSR count). The van der Waals surface area contributed by atoms with E-state index in [-0.39, 0.29) is 23.0 Å². The molecule has 114 valence electrons. The van der Waals surface area contributed by atoms with Crippen molar-refractivity contribution in [2.75, 3.05) is 12.4 Å². The first-order valence-electron chi connectivity index (χ1n) is 6.20. The van der Waals surface area contributed by atoms with Crippen LogP contribution in [0.1, 0.15) is 16.8 Å². The molecule has 8 heteroatoms. The summed E-state index contributed by atoms with van der Waals surface area (Å²) >= 11 is 0. The third-order valence-electron chi connectivity index (χ3n) is 2.71. The van der Waals surface area contributed by atoms with Gasteiger partial charge in [0.1, 0.15) is 0 Å². The second-order valence-electron chi connectivity index (χ2n) is 4.30. The van der Waals surface area contributed by atoms with Crippen LogP contribution in [0.4, 0.5) is 5.82 Å². The zero-order chi connectivity index (χ0) is 16.1. The van der Waals surface area contributed by atoms with Crippen molar-refractivity contribution >= 4 is 17.5 Å². The van der Waals surface area contributed by atoms with Crippen molar-refractivity contribution in [2.45, 2.75) is 6.42 Å². The molecule has 1 aromatic carbocycles. The van der Waals surface area contributed by atoms with Gasteiger partial charge in [0.2, 0.25) is 11.8 Å². The number of rotatable bonds is 5. The molecule has 0 spiro atoms. The highest BCUT2D eigenvalue weighted by Crippen LogP contribution is 2.25. The molecule has 0 unspecified atom stereocenters. The SMILES string of the molecule is COc1cncc(NC(=O)CC(=O)c2ccc(O)c(O)c2)n1. The minimum absolute atomic E-state index is 0.113. The lowest BCUT2D eigenvalue weighted by Gasteiger charge is -2.06. The number of aromatic nitrogens is 2. The third kappa shape index (κ3) is 3.69. The van der Waals surface area contributed by atoms with Crippen LogP contribution in [0.2, 0.25) is 0 Å². The molecule has 0 atom stereocenters. The highest BCUT2D eigenvalue weighted by Gasteiger charge is 2.14. The summed E-state index contributed by atoms with van der Waals surface area (Å²) in [6.45, 7) is 0. The Morgan fingerprint density at radius 1 is 1.23 bits per heavy atom. The molecule has 0 aliphatic carbocycles. The molecule has 0 saturated carbocycles. The van der Waals surface area contributed by atoms with Crippen LogP contribution in [0.3, 0.4) is 0 Å². The number of anilines is 1. The van der Waals surface area contributed by atoms with Gasteiger partial charge in [-0.2, -0.15) is 4.98 Å². The van der Waals surface area contributed by atoms with Crippen LogP contribution in [0, 0.1) is 0 Å². The number of hydrogen-bond acceptors (Lipinski definition) is 7. The number of carbonyl (C=O) groups is 2. The number of ketones is 1. The Bertz CT molecular complexity index is 717. The number of phenols is 2. The number of nitrogens with one attached hydrogen (secondary N) is 1. The maximum Gasteiger partial charge on any atom is 0.233 e. The van der Waals surface area contributed by atoms with E-state index in [1.165, 1.54) is 31.6 Å². The fraction of sp³-hybridized carbons (Fsp3) is 0.143. The van der Waals surface area contributed by atoms with Gasteiger partial charge < -0.3 is 20.3 Å². The van der Waals surface area contributed by atoms with Crippen molar-refractivity contribution in [3.05, 3.63) is 36.2 Å². The number of ether oxygens (including phenoxy) is 1. The monoisotopic (exact) mass is 303 g/mol. The van der Waals surface area contributed by atoms with Gasteiger partial charge in [0.15, 0.2) is 23.1 Å². The van der Waals surface area contributed by atoms with Gasteiger partial charge in [-0.3, -0.25) is 14.6 Å². The quantitative estimate of drug-likeness (QED) is 0.429. The fourth-order valence-corrected chi connectivity index (χ4v) is 1.64. The standard InChI is InChI=1S/C14H13N3O5/c1-22-14-7-15-6-12(17-14)16-13(21)5-10(19)8-2-3-9(18)11(20)4-8/h2-4,6-7,18,20H,5H2,1H3,(H,16,17,21). The van der Waals surface area contributed by atoms with Crippen LogP contribution >= 0.6 is 0 Å². The highest BCUT2D eigenvalue weighted by molar-refractivity contribution is 6.10. The smallest absolute Gasteiger partial charge is 0.233 e. The summed E-state index contributed by atoms with van der Waals surface area (Å²) in [5.74, 6) is -1.47. The first-order valence-corrected chi connectivity index (χ1v) is 6.20. The molecular formula is C14H13N3O5. The number of Topliss-reactive ketones (excluding diaryl/α,β-unsaturated/α-hetero) is 1. The van der Waals surface area contributed by atoms with Crippen LogP contribution in [0.25, 0.3) is 0 Å². The lowest BCUT2D eigenvalue weighted by atomic mass is 10.1. The Labute approximate surface area is 125 Å². The summed E-state index contributed by atoms with van der Waals surface area (Å²) < 4.78 is 4.87. The van der Waals surface area contributed by atoms with Gasteiger partial charge in [-0.05, 0) is 18.2 Å². The highest BCUT2D eigenvalue weighted by atomic mass is 16.5. The molecule has 0 saturated heterocycles. The van der Waals surface area contributed by atoms with Crippen LogP contribution in [0.5, 0.6) is 17.4 Å². The molecule has 0 aliphatic heterocycles. The van der Waals surface area contributed by atoms with E-state index >= 15 is 0 Å². The average molecular weight is 303 g/mol. The van der Waals surface area contributed by atoms with Gasteiger partial charge in [0.25, 0.3) is 0 Å². The number of aromatic hydroxyl groups is 2. The van der Waals surface area contributed by atoms with Crippen molar-refractivity contribution in [2.24, 2.45) is 0 Å². The van der Waals surface area contributed by atoms with E-state index in [0.29, 0.717) is 0 Å². The minimum Gasteiger partial charge on any atom is -0.504 e. The van der Waals surface area contributed by atoms with Gasteiger partial charge in [0, 0.05) is 5.56 Å². The normalized spacial score (nSPS) is 10.0. The number of carbonyl (C=O) groups excluding carboxylic acids is 2. The van der Waals surface area contributed by atoms with Crippen molar-refractivity contribution in [1.29, 1.82) is 0 Å². The second-order valence-corrected chi connectivity index (χ2v) is 4.30. The van der Waals surface area contributed by atoms with Crippen LogP contribution in [0.15, 0.2) is 30.6 Å². The number of methoxy groups -OCH3 is 1. The molecule has 3 N–H and O–H groups in total. The third-order valence-corrected chi connectivity index (χ3v) is 2.71. The number of benzene rings is 1. The Morgan fingerprint density at radius 2 is 2.00 bits per heavy atom. The molecule has 1 aromatic heterocycles. The Hall–Kier alpha value is -3.16. The van der Waals surface area contributed by atoms with E-state index < -0.39 is 23.9 Å².